The van der Waals surface area contributed by atoms with Crippen molar-refractivity contribution in [1.82, 2.24) is 14.8 Å². The Bertz CT molecular complexity index is 664. The number of aromatic amines is 1. The molecule has 0 aliphatic rings. The molecule has 0 unspecified atom stereocenters. The van der Waals surface area contributed by atoms with Crippen molar-refractivity contribution in [2.45, 2.75) is 43.0 Å². The number of halogens is 1. The molecule has 0 saturated carbocycles. The molecule has 7 heteroatoms. The first-order valence-corrected chi connectivity index (χ1v) is 7.04. The third-order valence-electron chi connectivity index (χ3n) is 2.82. The Balaban J connectivity index is 2.46. The fraction of sp³-hybridized carbons (Fsp3) is 0.385. The summed E-state index contributed by atoms with van der Waals surface area (Å²) in [5.74, 6) is -0.473. The van der Waals surface area contributed by atoms with Crippen LogP contribution < -0.4 is 5.69 Å². The zero-order valence-electron chi connectivity index (χ0n) is 11.4. The summed E-state index contributed by atoms with van der Waals surface area (Å²) in [7, 11) is 0. The van der Waals surface area contributed by atoms with E-state index < -0.39 is 11.9 Å². The molecule has 5 nitrogen and oxygen atoms in total. The maximum Gasteiger partial charge on any atom is 0.344 e. The van der Waals surface area contributed by atoms with E-state index in [2.05, 4.69) is 10.2 Å². The number of aliphatic hydroxyl groups is 1. The van der Waals surface area contributed by atoms with Crippen LogP contribution in [-0.2, 0) is 0 Å². The van der Waals surface area contributed by atoms with Crippen LogP contribution in [0, 0.1) is 5.82 Å². The fourth-order valence-electron chi connectivity index (χ4n) is 1.93. The predicted molar refractivity (Wildman–Crippen MR) is 74.4 cm³/mol. The average Bonchev–Trinajstić information content (AvgIpc) is 2.70. The van der Waals surface area contributed by atoms with Crippen LogP contribution in [0.25, 0.3) is 0 Å². The van der Waals surface area contributed by atoms with Gasteiger partial charge in [0.25, 0.3) is 0 Å². The number of aromatic nitrogens is 3. The molecule has 0 fully saturated rings. The summed E-state index contributed by atoms with van der Waals surface area (Å²) in [5, 5.41) is 16.5. The Kier molecular flexibility index (Phi) is 4.29. The number of hydrogen-bond acceptors (Lipinski definition) is 4. The monoisotopic (exact) mass is 297 g/mol. The number of H-pyrrole nitrogens is 1. The lowest BCUT2D eigenvalue weighted by Gasteiger charge is -2.13. The summed E-state index contributed by atoms with van der Waals surface area (Å²) in [6.07, 6.45) is -0.933. The molecule has 2 N–H and O–H groups in total. The Morgan fingerprint density at radius 1 is 1.40 bits per heavy atom. The van der Waals surface area contributed by atoms with E-state index in [-0.39, 0.29) is 17.3 Å². The number of nitrogens with zero attached hydrogens (tertiary/aromatic N) is 2. The van der Waals surface area contributed by atoms with Crippen molar-refractivity contribution in [1.29, 1.82) is 0 Å². The van der Waals surface area contributed by atoms with E-state index in [1.165, 1.54) is 17.6 Å². The second kappa shape index (κ2) is 5.80. The van der Waals surface area contributed by atoms with Gasteiger partial charge in [0.15, 0.2) is 5.16 Å². The zero-order chi connectivity index (χ0) is 14.9. The lowest BCUT2D eigenvalue weighted by Crippen LogP contribution is -2.19. The lowest BCUT2D eigenvalue weighted by atomic mass is 10.1. The van der Waals surface area contributed by atoms with Crippen LogP contribution in [0.5, 0.6) is 0 Å². The summed E-state index contributed by atoms with van der Waals surface area (Å²) in [5.41, 5.74) is -0.0965. The molecule has 0 aliphatic heterocycles. The summed E-state index contributed by atoms with van der Waals surface area (Å²) in [6.45, 7) is 5.23. The number of aliphatic hydroxyl groups excluding tert-OH is 1. The molecular weight excluding hydrogens is 281 g/mol. The number of rotatable bonds is 4. The zero-order valence-corrected chi connectivity index (χ0v) is 12.2. The summed E-state index contributed by atoms with van der Waals surface area (Å²) in [4.78, 5) is 12.2. The summed E-state index contributed by atoms with van der Waals surface area (Å²) in [6, 6.07) is 4.49. The van der Waals surface area contributed by atoms with Crippen molar-refractivity contribution < 1.29 is 9.50 Å². The van der Waals surface area contributed by atoms with Gasteiger partial charge in [0.2, 0.25) is 0 Å². The minimum atomic E-state index is -0.933. The van der Waals surface area contributed by atoms with Gasteiger partial charge in [0.1, 0.15) is 5.82 Å². The van der Waals surface area contributed by atoms with Crippen molar-refractivity contribution in [3.63, 3.8) is 0 Å². The molecule has 1 aromatic carbocycles. The second-order valence-corrected chi connectivity index (χ2v) is 5.71. The van der Waals surface area contributed by atoms with Crippen LogP contribution in [-0.4, -0.2) is 19.9 Å². The predicted octanol–water partition coefficient (Wildman–Crippen LogP) is 2.50. The first kappa shape index (κ1) is 14.8. The van der Waals surface area contributed by atoms with Crippen molar-refractivity contribution in [2.24, 2.45) is 0 Å². The van der Waals surface area contributed by atoms with E-state index in [0.29, 0.717) is 10.1 Å². The topological polar surface area (TPSA) is 70.9 Å². The van der Waals surface area contributed by atoms with Gasteiger partial charge in [0.05, 0.1) is 6.10 Å². The highest BCUT2D eigenvalue weighted by Crippen LogP contribution is 2.33. The van der Waals surface area contributed by atoms with Gasteiger partial charge in [-0.05, 0) is 44.7 Å². The largest absolute Gasteiger partial charge is 0.389 e. The first-order valence-electron chi connectivity index (χ1n) is 6.23. The Labute approximate surface area is 119 Å². The van der Waals surface area contributed by atoms with Crippen LogP contribution in [0.3, 0.4) is 0 Å². The van der Waals surface area contributed by atoms with E-state index in [4.69, 9.17) is 0 Å². The van der Waals surface area contributed by atoms with Crippen LogP contribution >= 0.6 is 11.8 Å². The normalized spacial score (nSPS) is 12.9. The van der Waals surface area contributed by atoms with Gasteiger partial charge >= 0.3 is 5.69 Å². The Morgan fingerprint density at radius 3 is 2.70 bits per heavy atom. The first-order chi connectivity index (χ1) is 9.41. The van der Waals surface area contributed by atoms with Gasteiger partial charge in [-0.25, -0.2) is 14.3 Å². The average molecular weight is 297 g/mol. The minimum absolute atomic E-state index is 0.0627. The highest BCUT2D eigenvalue weighted by Gasteiger charge is 2.18. The van der Waals surface area contributed by atoms with E-state index in [1.807, 2.05) is 13.8 Å². The molecule has 108 valence electrons. The van der Waals surface area contributed by atoms with Crippen LogP contribution in [0.2, 0.25) is 0 Å². The van der Waals surface area contributed by atoms with Gasteiger partial charge in [-0.15, -0.1) is 5.10 Å². The SMILES string of the molecule is CC(C)n1c(Sc2cccc(F)c2[C@H](C)O)n[nH]c1=O. The summed E-state index contributed by atoms with van der Waals surface area (Å²) >= 11 is 1.15. The van der Waals surface area contributed by atoms with Gasteiger partial charge < -0.3 is 5.11 Å². The van der Waals surface area contributed by atoms with E-state index in [9.17, 15) is 14.3 Å². The van der Waals surface area contributed by atoms with E-state index in [0.717, 1.165) is 11.8 Å². The molecular formula is C13H16FN3O2S. The van der Waals surface area contributed by atoms with Crippen molar-refractivity contribution >= 4 is 11.8 Å². The van der Waals surface area contributed by atoms with E-state index >= 15 is 0 Å². The summed E-state index contributed by atoms with van der Waals surface area (Å²) < 4.78 is 15.3. The van der Waals surface area contributed by atoms with Gasteiger partial charge in [-0.2, -0.15) is 0 Å². The molecule has 0 saturated heterocycles. The maximum absolute atomic E-state index is 13.8. The molecule has 0 aliphatic carbocycles. The minimum Gasteiger partial charge on any atom is -0.389 e. The third kappa shape index (κ3) is 2.78. The molecule has 20 heavy (non-hydrogen) atoms. The molecule has 0 spiro atoms. The molecule has 1 atom stereocenters. The van der Waals surface area contributed by atoms with Crippen molar-refractivity contribution in [2.75, 3.05) is 0 Å². The quantitative estimate of drug-likeness (QED) is 0.909. The Morgan fingerprint density at radius 2 is 2.10 bits per heavy atom. The smallest absolute Gasteiger partial charge is 0.344 e. The molecule has 2 aromatic rings. The fourth-order valence-corrected chi connectivity index (χ4v) is 3.13. The Hall–Kier alpha value is -1.60. The molecule has 0 bridgehead atoms. The second-order valence-electron chi connectivity index (χ2n) is 4.70. The van der Waals surface area contributed by atoms with Crippen LogP contribution in [0.15, 0.2) is 33.0 Å². The maximum atomic E-state index is 13.8. The van der Waals surface area contributed by atoms with Crippen molar-refractivity contribution in [3.05, 3.63) is 40.1 Å². The lowest BCUT2D eigenvalue weighted by molar-refractivity contribution is 0.191. The van der Waals surface area contributed by atoms with E-state index in [1.54, 1.807) is 12.1 Å². The molecule has 0 radical (unpaired) electrons. The highest BCUT2D eigenvalue weighted by molar-refractivity contribution is 7.99. The number of nitrogens with one attached hydrogen (secondary N) is 1. The molecule has 1 heterocycles. The standard InChI is InChI=1S/C13H16FN3O2S/c1-7(2)17-12(19)15-16-13(17)20-10-6-4-5-9(14)11(10)8(3)18/h4-8,18H,1-3H3,(H,15,19)/t8-/m0/s1. The number of benzene rings is 1. The molecule has 1 aromatic heterocycles. The molecule has 2 rings (SSSR count). The van der Waals surface area contributed by atoms with Crippen molar-refractivity contribution in [3.8, 4) is 0 Å². The van der Waals surface area contributed by atoms with Gasteiger partial charge in [0, 0.05) is 16.5 Å². The molecule has 0 amide bonds. The third-order valence-corrected chi connectivity index (χ3v) is 3.87. The van der Waals surface area contributed by atoms with Gasteiger partial charge in [-0.3, -0.25) is 4.57 Å². The van der Waals surface area contributed by atoms with Gasteiger partial charge in [-0.1, -0.05) is 6.07 Å². The highest BCUT2D eigenvalue weighted by atomic mass is 32.2. The van der Waals surface area contributed by atoms with Crippen LogP contribution in [0.1, 0.15) is 38.5 Å². The number of hydrogen-bond donors (Lipinski definition) is 2. The van der Waals surface area contributed by atoms with Crippen LogP contribution in [0.4, 0.5) is 4.39 Å².